The summed E-state index contributed by atoms with van der Waals surface area (Å²) in [5.74, 6) is -0.874. The number of hydrogen-bond acceptors (Lipinski definition) is 6. The van der Waals surface area contributed by atoms with Gasteiger partial charge in [0, 0.05) is 19.3 Å². The van der Waals surface area contributed by atoms with Crippen molar-refractivity contribution in [3.63, 3.8) is 0 Å². The van der Waals surface area contributed by atoms with E-state index in [2.05, 4.69) is 118 Å². The topological polar surface area (TPSA) is 78.9 Å². The highest BCUT2D eigenvalue weighted by Gasteiger charge is 2.19. The minimum Gasteiger partial charge on any atom is -0.462 e. The van der Waals surface area contributed by atoms with E-state index in [1.54, 1.807) is 0 Å². The Hall–Kier alpha value is -3.67. The minimum atomic E-state index is -0.782. The van der Waals surface area contributed by atoms with Crippen molar-refractivity contribution in [2.75, 3.05) is 13.2 Å². The Morgan fingerprint density at radius 2 is 0.470 bits per heavy atom. The number of esters is 3. The van der Waals surface area contributed by atoms with Crippen LogP contribution in [0.25, 0.3) is 0 Å². The highest BCUT2D eigenvalue weighted by molar-refractivity contribution is 5.71. The van der Waals surface area contributed by atoms with Gasteiger partial charge in [0.15, 0.2) is 6.10 Å². The minimum absolute atomic E-state index is 0.0779. The number of carbonyl (C=O) groups is 3. The van der Waals surface area contributed by atoms with Gasteiger partial charge in [-0.2, -0.15) is 0 Å². The molecule has 0 radical (unpaired) electrons. The largest absolute Gasteiger partial charge is 0.462 e. The zero-order valence-corrected chi connectivity index (χ0v) is 54.9. The van der Waals surface area contributed by atoms with Gasteiger partial charge >= 0.3 is 17.9 Å². The fourth-order valence-corrected chi connectivity index (χ4v) is 10.3. The fraction of sp³-hybridized carbons (Fsp3) is 0.753. The van der Waals surface area contributed by atoms with Gasteiger partial charge in [-0.05, 0) is 96.3 Å². The van der Waals surface area contributed by atoms with E-state index < -0.39 is 6.10 Å². The van der Waals surface area contributed by atoms with E-state index in [9.17, 15) is 14.4 Å². The third-order valence-electron chi connectivity index (χ3n) is 15.6. The molecule has 0 saturated heterocycles. The van der Waals surface area contributed by atoms with E-state index in [0.717, 1.165) is 122 Å². The summed E-state index contributed by atoms with van der Waals surface area (Å²) in [7, 11) is 0. The average molecular weight is 1160 g/mol. The summed E-state index contributed by atoms with van der Waals surface area (Å²) < 4.78 is 16.9. The standard InChI is InChI=1S/C77H134O6/c1-4-7-10-13-16-19-22-24-26-28-30-31-32-33-34-35-36-37-38-39-40-41-42-43-44-45-47-48-50-52-55-58-61-64-67-70-76(79)82-73-74(72-81-75(78)69-66-63-60-57-54-21-18-15-12-9-6-3)83-77(80)71-68-65-62-59-56-53-51-49-46-29-27-25-23-20-17-14-11-8-5-2/h7-8,10-11,16-17,19-20,24-27,30-31,46,49,74H,4-6,9,12-15,18,21-23,28-29,32-45,47-48,50-73H2,1-3H3/b10-7-,11-8-,19-16-,20-17-,26-24-,27-25-,31-30-,49-46-. The molecular weight excluding hydrogens is 1020 g/mol. The molecule has 0 aromatic carbocycles. The molecule has 0 aromatic heterocycles. The van der Waals surface area contributed by atoms with E-state index >= 15 is 0 Å². The van der Waals surface area contributed by atoms with Crippen LogP contribution in [0.4, 0.5) is 0 Å². The van der Waals surface area contributed by atoms with Gasteiger partial charge in [0.2, 0.25) is 0 Å². The maximum absolute atomic E-state index is 12.9. The van der Waals surface area contributed by atoms with Gasteiger partial charge in [-0.3, -0.25) is 14.4 Å². The second kappa shape index (κ2) is 70.8. The van der Waals surface area contributed by atoms with Crippen molar-refractivity contribution in [2.24, 2.45) is 0 Å². The van der Waals surface area contributed by atoms with Crippen LogP contribution in [0.5, 0.6) is 0 Å². The number of allylic oxidation sites excluding steroid dienone is 16. The molecule has 0 N–H and O–H groups in total. The summed E-state index contributed by atoms with van der Waals surface area (Å²) in [5, 5.41) is 0. The Bertz CT molecular complexity index is 1610. The predicted molar refractivity (Wildman–Crippen MR) is 362 cm³/mol. The maximum atomic E-state index is 12.9. The van der Waals surface area contributed by atoms with Gasteiger partial charge in [0.05, 0.1) is 0 Å². The third kappa shape index (κ3) is 69.0. The van der Waals surface area contributed by atoms with E-state index in [0.29, 0.717) is 19.3 Å². The molecule has 0 bridgehead atoms. The van der Waals surface area contributed by atoms with Crippen LogP contribution in [-0.4, -0.2) is 37.2 Å². The zero-order chi connectivity index (χ0) is 59.9. The lowest BCUT2D eigenvalue weighted by atomic mass is 10.0. The molecule has 1 unspecified atom stereocenters. The Balaban J connectivity index is 4.10. The lowest BCUT2D eigenvalue weighted by molar-refractivity contribution is -0.167. The summed E-state index contributed by atoms with van der Waals surface area (Å²) in [5.41, 5.74) is 0. The molecule has 6 nitrogen and oxygen atoms in total. The normalized spacial score (nSPS) is 12.7. The number of unbranched alkanes of at least 4 members (excludes halogenated alkanes) is 38. The number of rotatable bonds is 65. The Labute approximate surface area is 515 Å². The first-order valence-corrected chi connectivity index (χ1v) is 35.7. The number of ether oxygens (including phenoxy) is 3. The molecule has 0 aliphatic heterocycles. The van der Waals surface area contributed by atoms with Gasteiger partial charge in [0.1, 0.15) is 13.2 Å². The van der Waals surface area contributed by atoms with E-state index in [-0.39, 0.29) is 31.1 Å². The van der Waals surface area contributed by atoms with Crippen molar-refractivity contribution < 1.29 is 28.6 Å². The van der Waals surface area contributed by atoms with Crippen molar-refractivity contribution in [2.45, 2.75) is 361 Å². The highest BCUT2D eigenvalue weighted by atomic mass is 16.6. The Morgan fingerprint density at radius 3 is 0.735 bits per heavy atom. The van der Waals surface area contributed by atoms with Crippen LogP contribution in [0.1, 0.15) is 355 Å². The number of carbonyl (C=O) groups excluding carboxylic acids is 3. The zero-order valence-electron chi connectivity index (χ0n) is 54.9. The monoisotopic (exact) mass is 1160 g/mol. The van der Waals surface area contributed by atoms with Gasteiger partial charge in [-0.25, -0.2) is 0 Å². The summed E-state index contributed by atoms with van der Waals surface area (Å²) in [6, 6.07) is 0. The lowest BCUT2D eigenvalue weighted by Gasteiger charge is -2.18. The van der Waals surface area contributed by atoms with Crippen LogP contribution in [0.15, 0.2) is 97.2 Å². The second-order valence-electron chi connectivity index (χ2n) is 23.7. The molecule has 0 amide bonds. The number of hydrogen-bond donors (Lipinski definition) is 0. The average Bonchev–Trinajstić information content (AvgIpc) is 3.48. The third-order valence-corrected chi connectivity index (χ3v) is 15.6. The predicted octanol–water partition coefficient (Wildman–Crippen LogP) is 24.8. The lowest BCUT2D eigenvalue weighted by Crippen LogP contribution is -2.30. The summed E-state index contributed by atoms with van der Waals surface area (Å²) in [4.78, 5) is 38.3. The van der Waals surface area contributed by atoms with E-state index in [1.165, 1.54) is 193 Å². The molecule has 6 heteroatoms. The van der Waals surface area contributed by atoms with Crippen LogP contribution >= 0.6 is 0 Å². The van der Waals surface area contributed by atoms with Gasteiger partial charge in [-0.15, -0.1) is 0 Å². The van der Waals surface area contributed by atoms with Gasteiger partial charge in [-0.1, -0.05) is 336 Å². The molecule has 478 valence electrons. The van der Waals surface area contributed by atoms with Crippen LogP contribution < -0.4 is 0 Å². The van der Waals surface area contributed by atoms with Crippen LogP contribution in [0.2, 0.25) is 0 Å². The molecule has 83 heavy (non-hydrogen) atoms. The van der Waals surface area contributed by atoms with Crippen molar-refractivity contribution in [3.8, 4) is 0 Å². The molecule has 0 aromatic rings. The van der Waals surface area contributed by atoms with Crippen LogP contribution in [0.3, 0.4) is 0 Å². The molecule has 0 rings (SSSR count). The quantitative estimate of drug-likeness (QED) is 0.0261. The van der Waals surface area contributed by atoms with E-state index in [1.807, 2.05) is 0 Å². The molecule has 1 atom stereocenters. The molecule has 0 aliphatic carbocycles. The molecule has 0 fully saturated rings. The molecule has 0 spiro atoms. The highest BCUT2D eigenvalue weighted by Crippen LogP contribution is 2.18. The van der Waals surface area contributed by atoms with E-state index in [4.69, 9.17) is 14.2 Å². The first-order valence-electron chi connectivity index (χ1n) is 35.7. The summed E-state index contributed by atoms with van der Waals surface area (Å²) >= 11 is 0. The SMILES string of the molecule is CC/C=C\C/C=C\C/C=C\C/C=C\CCCCCCCCCCCCCCCCCCCCCCCCC(=O)OCC(COC(=O)CCCCCCCCCCCCC)OC(=O)CCCCCCCC/C=C\C/C=C\C/C=C\C/C=C\CC. The summed E-state index contributed by atoms with van der Waals surface area (Å²) in [6.07, 6.45) is 96.0. The van der Waals surface area contributed by atoms with Gasteiger partial charge in [0.25, 0.3) is 0 Å². The first-order chi connectivity index (χ1) is 41.0. The molecule has 0 saturated carbocycles. The fourth-order valence-electron chi connectivity index (χ4n) is 10.3. The van der Waals surface area contributed by atoms with Gasteiger partial charge < -0.3 is 14.2 Å². The smallest absolute Gasteiger partial charge is 0.306 e. The van der Waals surface area contributed by atoms with Crippen molar-refractivity contribution in [1.29, 1.82) is 0 Å². The first kappa shape index (κ1) is 79.3. The molecule has 0 aliphatic rings. The second-order valence-corrected chi connectivity index (χ2v) is 23.7. The van der Waals surface area contributed by atoms with Crippen LogP contribution in [-0.2, 0) is 28.6 Å². The Kier molecular flexibility index (Phi) is 67.7. The Morgan fingerprint density at radius 1 is 0.253 bits per heavy atom. The van der Waals surface area contributed by atoms with Crippen molar-refractivity contribution in [1.82, 2.24) is 0 Å². The van der Waals surface area contributed by atoms with Crippen LogP contribution in [0, 0.1) is 0 Å². The van der Waals surface area contributed by atoms with Crippen molar-refractivity contribution >= 4 is 17.9 Å². The molecular formula is C77H134O6. The molecule has 0 heterocycles. The summed E-state index contributed by atoms with van der Waals surface area (Å²) in [6.45, 7) is 6.44. The van der Waals surface area contributed by atoms with Crippen molar-refractivity contribution in [3.05, 3.63) is 97.2 Å². The maximum Gasteiger partial charge on any atom is 0.306 e.